The summed E-state index contributed by atoms with van der Waals surface area (Å²) >= 11 is 6.33. The number of carbonyl (C=O) groups excluding carboxylic acids is 1. The van der Waals surface area contributed by atoms with Crippen molar-refractivity contribution >= 4 is 35.7 Å². The molecule has 3 aliphatic rings. The molecule has 0 aliphatic carbocycles. The van der Waals surface area contributed by atoms with Crippen LogP contribution in [0.4, 0.5) is 5.69 Å². The van der Waals surface area contributed by atoms with Crippen LogP contribution >= 0.6 is 6.42 Å². The van der Waals surface area contributed by atoms with E-state index >= 15 is 0 Å². The van der Waals surface area contributed by atoms with Crippen LogP contribution in [0.25, 0.3) is 0 Å². The molecule has 0 saturated carbocycles. The van der Waals surface area contributed by atoms with Gasteiger partial charge in [0.05, 0.1) is 13.2 Å². The summed E-state index contributed by atoms with van der Waals surface area (Å²) in [5.74, 6) is 0.0124. The van der Waals surface area contributed by atoms with Crippen LogP contribution in [0, 0.1) is 0 Å². The second kappa shape index (κ2) is 7.92. The highest BCUT2D eigenvalue weighted by Gasteiger charge is 2.50. The van der Waals surface area contributed by atoms with Crippen LogP contribution < -0.4 is 4.90 Å². The number of rotatable bonds is 2. The highest BCUT2D eigenvalue weighted by molar-refractivity contribution is 8.13. The fraction of sp³-hybridized carbons (Fsp3) is 0.333. The van der Waals surface area contributed by atoms with Crippen molar-refractivity contribution in [2.45, 2.75) is 19.3 Å². The number of aliphatic imine (C=N–C) groups is 1. The molecule has 2 aromatic rings. The minimum Gasteiger partial charge on any atom is -0.430 e. The zero-order valence-electron chi connectivity index (χ0n) is 18.4. The summed E-state index contributed by atoms with van der Waals surface area (Å²) in [6.07, 6.45) is -2.93. The smallest absolute Gasteiger partial charge is 0.287 e. The van der Waals surface area contributed by atoms with Crippen molar-refractivity contribution in [1.29, 1.82) is 0 Å². The fourth-order valence-electron chi connectivity index (χ4n) is 4.82. The van der Waals surface area contributed by atoms with Crippen LogP contribution in [-0.4, -0.2) is 49.8 Å². The molecule has 0 N–H and O–H groups in total. The van der Waals surface area contributed by atoms with Gasteiger partial charge in [-0.05, 0) is 35.6 Å². The largest absolute Gasteiger partial charge is 0.430 e. The van der Waals surface area contributed by atoms with Crippen molar-refractivity contribution < 1.29 is 14.1 Å². The first-order valence-electron chi connectivity index (χ1n) is 10.7. The zero-order chi connectivity index (χ0) is 22.5. The molecule has 3 aliphatic heterocycles. The van der Waals surface area contributed by atoms with Gasteiger partial charge in [0, 0.05) is 42.5 Å². The molecule has 32 heavy (non-hydrogen) atoms. The molecule has 1 fully saturated rings. The molecular formula is C24H26N3O3PS. The van der Waals surface area contributed by atoms with Crippen molar-refractivity contribution in [2.24, 2.45) is 4.99 Å². The summed E-state index contributed by atoms with van der Waals surface area (Å²) in [6.45, 7) is 6.66. The lowest BCUT2D eigenvalue weighted by Crippen LogP contribution is -2.39. The summed E-state index contributed by atoms with van der Waals surface area (Å²) in [7, 11) is 2.00. The van der Waals surface area contributed by atoms with E-state index in [0.29, 0.717) is 37.5 Å². The number of para-hydroxylation sites is 1. The molecule has 1 amide bonds. The predicted octanol–water partition coefficient (Wildman–Crippen LogP) is 4.27. The Kier molecular flexibility index (Phi) is 5.33. The summed E-state index contributed by atoms with van der Waals surface area (Å²) in [5.41, 5.74) is 3.48. The van der Waals surface area contributed by atoms with E-state index in [2.05, 4.69) is 40.5 Å². The lowest BCUT2D eigenvalue weighted by atomic mass is 9.83. The lowest BCUT2D eigenvalue weighted by molar-refractivity contribution is -0.114. The van der Waals surface area contributed by atoms with E-state index < -0.39 is 11.8 Å². The van der Waals surface area contributed by atoms with E-state index in [-0.39, 0.29) is 5.91 Å². The van der Waals surface area contributed by atoms with Crippen molar-refractivity contribution in [3.63, 3.8) is 0 Å². The maximum absolute atomic E-state index is 13.8. The Morgan fingerprint density at radius 3 is 2.38 bits per heavy atom. The highest BCUT2D eigenvalue weighted by Crippen LogP contribution is 2.65. The van der Waals surface area contributed by atoms with E-state index in [1.165, 1.54) is 5.56 Å². The Morgan fingerprint density at radius 2 is 1.69 bits per heavy atom. The summed E-state index contributed by atoms with van der Waals surface area (Å²) in [6, 6.07) is 17.8. The van der Waals surface area contributed by atoms with Gasteiger partial charge >= 0.3 is 0 Å². The Bertz CT molecular complexity index is 1190. The van der Waals surface area contributed by atoms with Gasteiger partial charge in [0.15, 0.2) is 0 Å². The van der Waals surface area contributed by atoms with Crippen LogP contribution in [0.2, 0.25) is 0 Å². The molecule has 0 spiro atoms. The predicted molar refractivity (Wildman–Crippen MR) is 131 cm³/mol. The molecule has 6 nitrogen and oxygen atoms in total. The number of morpholine rings is 1. The number of carbonyl (C=O) groups is 1. The van der Waals surface area contributed by atoms with Gasteiger partial charge in [-0.25, -0.2) is 4.67 Å². The van der Waals surface area contributed by atoms with Gasteiger partial charge in [-0.3, -0.25) is 4.79 Å². The quantitative estimate of drug-likeness (QED) is 0.486. The van der Waals surface area contributed by atoms with Crippen LogP contribution in [-0.2, 0) is 31.3 Å². The summed E-state index contributed by atoms with van der Waals surface area (Å²) in [4.78, 5) is 20.3. The van der Waals surface area contributed by atoms with Crippen molar-refractivity contribution in [3.8, 4) is 0 Å². The molecule has 0 unspecified atom stereocenters. The third-order valence-corrected chi connectivity index (χ3v) is 10.4. The normalized spacial score (nSPS) is 27.7. The van der Waals surface area contributed by atoms with Crippen molar-refractivity contribution in [1.82, 2.24) is 4.67 Å². The van der Waals surface area contributed by atoms with Crippen LogP contribution in [0.1, 0.15) is 25.0 Å². The van der Waals surface area contributed by atoms with E-state index in [9.17, 15) is 4.79 Å². The average molecular weight is 468 g/mol. The van der Waals surface area contributed by atoms with Gasteiger partial charge in [0.2, 0.25) is 12.3 Å². The average Bonchev–Trinajstić information content (AvgIpc) is 3.01. The molecule has 0 aromatic heterocycles. The molecule has 166 valence electrons. The summed E-state index contributed by atoms with van der Waals surface area (Å²) in [5, 5.41) is 0.526. The molecule has 3 heterocycles. The zero-order valence-corrected chi connectivity index (χ0v) is 20.2. The third kappa shape index (κ3) is 3.27. The van der Waals surface area contributed by atoms with E-state index in [1.54, 1.807) is 0 Å². The van der Waals surface area contributed by atoms with E-state index in [0.717, 1.165) is 16.9 Å². The Balaban J connectivity index is 1.74. The van der Waals surface area contributed by atoms with Crippen molar-refractivity contribution in [3.05, 3.63) is 76.7 Å². The topological polar surface area (TPSA) is 54.4 Å². The van der Waals surface area contributed by atoms with Gasteiger partial charge in [-0.1, -0.05) is 50.2 Å². The SMILES string of the molecule is CN1/C(=C2\C(=O)N=C(c3ccccc3)O[P@]2(=S)N2CCOCC2)C(C)(C)c2ccccc21. The Hall–Kier alpha value is -2.31. The maximum Gasteiger partial charge on any atom is 0.287 e. The number of likely N-dealkylation sites (N-methyl/N-ethyl adjacent to an activating group) is 1. The number of nitrogens with zero attached hydrogens (tertiary/aromatic N) is 3. The second-order valence-electron chi connectivity index (χ2n) is 8.66. The first kappa shape index (κ1) is 21.5. The molecular weight excluding hydrogens is 441 g/mol. The van der Waals surface area contributed by atoms with Gasteiger partial charge in [-0.15, -0.1) is 0 Å². The Labute approximate surface area is 193 Å². The number of ether oxygens (including phenoxy) is 1. The van der Waals surface area contributed by atoms with E-state index in [4.69, 9.17) is 21.1 Å². The molecule has 1 saturated heterocycles. The molecule has 5 rings (SSSR count). The van der Waals surface area contributed by atoms with Crippen LogP contribution in [0.15, 0.2) is 70.6 Å². The van der Waals surface area contributed by atoms with Crippen LogP contribution in [0.5, 0.6) is 0 Å². The number of benzene rings is 2. The molecule has 0 bridgehead atoms. The van der Waals surface area contributed by atoms with Gasteiger partial charge in [-0.2, -0.15) is 4.99 Å². The first-order valence-corrected chi connectivity index (χ1v) is 13.4. The monoisotopic (exact) mass is 467 g/mol. The number of anilines is 1. The van der Waals surface area contributed by atoms with Gasteiger partial charge in [0.25, 0.3) is 5.91 Å². The van der Waals surface area contributed by atoms with Gasteiger partial charge in [0.1, 0.15) is 5.31 Å². The Morgan fingerprint density at radius 1 is 1.03 bits per heavy atom. The minimum absolute atomic E-state index is 0.298. The van der Waals surface area contributed by atoms with Crippen LogP contribution in [0.3, 0.4) is 0 Å². The fourth-order valence-corrected chi connectivity index (χ4v) is 8.56. The third-order valence-electron chi connectivity index (χ3n) is 6.37. The number of hydrogen-bond acceptors (Lipinski definition) is 5. The van der Waals surface area contributed by atoms with E-state index in [1.807, 2.05) is 49.5 Å². The molecule has 0 radical (unpaired) electrons. The molecule has 8 heteroatoms. The highest BCUT2D eigenvalue weighted by atomic mass is 32.4. The standard InChI is InChI=1S/C24H26N3O3PS/c1-24(2)18-11-7-8-12-19(18)26(3)21(24)20-22(28)25-23(17-9-5-4-6-10-17)30-31(20,32)27-13-15-29-16-14-27/h4-12H,13-16H2,1-3H3/b21-20+/t31-/m1/s1. The molecule has 1 atom stereocenters. The molecule has 2 aromatic carbocycles. The second-order valence-corrected chi connectivity index (χ2v) is 12.4. The number of amides is 1. The van der Waals surface area contributed by atoms with Crippen molar-refractivity contribution in [2.75, 3.05) is 38.3 Å². The number of hydrogen-bond donors (Lipinski definition) is 0. The first-order chi connectivity index (χ1) is 15.3. The number of fused-ring (bicyclic) bond motifs is 1. The number of allylic oxidation sites excluding steroid dienone is 1. The maximum atomic E-state index is 13.8. The minimum atomic E-state index is -2.93. The lowest BCUT2D eigenvalue weighted by Gasteiger charge is -2.41. The van der Waals surface area contributed by atoms with Gasteiger partial charge < -0.3 is 14.2 Å². The summed E-state index contributed by atoms with van der Waals surface area (Å²) < 4.78 is 14.3.